The normalized spacial score (nSPS) is 34.5. The number of alkyl halides is 1. The molecule has 2 unspecified atom stereocenters. The lowest BCUT2D eigenvalue weighted by Crippen LogP contribution is -2.45. The molecule has 0 radical (unpaired) electrons. The van der Waals surface area contributed by atoms with E-state index in [0.29, 0.717) is 19.3 Å². The van der Waals surface area contributed by atoms with Crippen molar-refractivity contribution < 1.29 is 9.18 Å². The second-order valence-corrected chi connectivity index (χ2v) is 4.06. The molecule has 14 heavy (non-hydrogen) atoms. The molecule has 0 saturated heterocycles. The molecular formula is C10H15FN2O. The van der Waals surface area contributed by atoms with Gasteiger partial charge in [-0.2, -0.15) is 5.26 Å². The molecule has 0 aromatic carbocycles. The molecule has 0 aromatic heterocycles. The Labute approximate surface area is 83.1 Å². The fraction of sp³-hybridized carbons (Fsp3) is 0.800. The maximum absolute atomic E-state index is 13.2. The van der Waals surface area contributed by atoms with Crippen LogP contribution in [-0.2, 0) is 4.79 Å². The van der Waals surface area contributed by atoms with Crippen molar-refractivity contribution in [3.8, 4) is 6.07 Å². The number of amides is 1. The van der Waals surface area contributed by atoms with Crippen molar-refractivity contribution >= 4 is 5.91 Å². The van der Waals surface area contributed by atoms with Crippen LogP contribution < -0.4 is 5.73 Å². The maximum atomic E-state index is 13.2. The molecule has 0 aliphatic heterocycles. The Morgan fingerprint density at radius 1 is 1.79 bits per heavy atom. The highest BCUT2D eigenvalue weighted by molar-refractivity contribution is 5.81. The van der Waals surface area contributed by atoms with Gasteiger partial charge in [-0.15, -0.1) is 0 Å². The van der Waals surface area contributed by atoms with Crippen molar-refractivity contribution in [3.05, 3.63) is 0 Å². The Morgan fingerprint density at radius 2 is 2.43 bits per heavy atom. The van der Waals surface area contributed by atoms with E-state index in [1.807, 2.05) is 6.07 Å². The van der Waals surface area contributed by atoms with Crippen molar-refractivity contribution in [1.29, 1.82) is 5.26 Å². The van der Waals surface area contributed by atoms with E-state index in [9.17, 15) is 9.18 Å². The minimum absolute atomic E-state index is 0.108. The van der Waals surface area contributed by atoms with E-state index < -0.39 is 23.4 Å². The Morgan fingerprint density at radius 3 is 2.86 bits per heavy atom. The predicted molar refractivity (Wildman–Crippen MR) is 49.8 cm³/mol. The standard InChI is InChI=1S/C10H15FN2O/c1-7(6-12)10(9(13)14)4-2-3-8(11)5-10/h7-8H,2-5H2,1H3,(H2,13,14)/t7-,8?,10?/m1/s1. The second-order valence-electron chi connectivity index (χ2n) is 4.06. The first-order valence-electron chi connectivity index (χ1n) is 4.86. The third-order valence-corrected chi connectivity index (χ3v) is 3.24. The SMILES string of the molecule is C[C@H](C#N)C1(C(N)=O)CCCC(F)C1. The Kier molecular flexibility index (Phi) is 3.10. The van der Waals surface area contributed by atoms with Crippen LogP contribution in [0.5, 0.6) is 0 Å². The van der Waals surface area contributed by atoms with Crippen LogP contribution in [0.1, 0.15) is 32.6 Å². The van der Waals surface area contributed by atoms with Gasteiger partial charge in [-0.05, 0) is 32.6 Å². The molecule has 0 aromatic rings. The monoisotopic (exact) mass is 198 g/mol. The maximum Gasteiger partial charge on any atom is 0.225 e. The third kappa shape index (κ3) is 1.72. The van der Waals surface area contributed by atoms with Gasteiger partial charge >= 0.3 is 0 Å². The predicted octanol–water partition coefficient (Wildman–Crippen LogP) is 1.53. The van der Waals surface area contributed by atoms with E-state index in [2.05, 4.69) is 0 Å². The van der Waals surface area contributed by atoms with E-state index in [-0.39, 0.29) is 6.42 Å². The molecule has 4 heteroatoms. The number of carbonyl (C=O) groups excluding carboxylic acids is 1. The number of hydrogen-bond acceptors (Lipinski definition) is 2. The van der Waals surface area contributed by atoms with Gasteiger partial charge < -0.3 is 5.73 Å². The van der Waals surface area contributed by atoms with Gasteiger partial charge in [0.25, 0.3) is 0 Å². The molecule has 1 fully saturated rings. The lowest BCUT2D eigenvalue weighted by atomic mass is 9.66. The summed E-state index contributed by atoms with van der Waals surface area (Å²) in [6, 6.07) is 2.01. The first-order valence-corrected chi connectivity index (χ1v) is 4.86. The zero-order chi connectivity index (χ0) is 10.8. The quantitative estimate of drug-likeness (QED) is 0.731. The summed E-state index contributed by atoms with van der Waals surface area (Å²) in [7, 11) is 0. The first kappa shape index (κ1) is 11.0. The molecule has 1 aliphatic rings. The first-order chi connectivity index (χ1) is 6.53. The summed E-state index contributed by atoms with van der Waals surface area (Å²) >= 11 is 0. The van der Waals surface area contributed by atoms with Gasteiger partial charge in [-0.1, -0.05) is 0 Å². The Balaban J connectivity index is 2.92. The number of rotatable bonds is 2. The number of halogens is 1. The van der Waals surface area contributed by atoms with Gasteiger partial charge in [0, 0.05) is 0 Å². The molecule has 0 bridgehead atoms. The van der Waals surface area contributed by atoms with Gasteiger partial charge in [0.1, 0.15) is 6.17 Å². The lowest BCUT2D eigenvalue weighted by molar-refractivity contribution is -0.133. The highest BCUT2D eigenvalue weighted by Gasteiger charge is 2.46. The molecule has 1 saturated carbocycles. The summed E-state index contributed by atoms with van der Waals surface area (Å²) in [6.07, 6.45) is 0.768. The molecule has 3 atom stereocenters. The van der Waals surface area contributed by atoms with E-state index in [4.69, 9.17) is 11.0 Å². The van der Waals surface area contributed by atoms with E-state index in [1.165, 1.54) is 0 Å². The zero-order valence-electron chi connectivity index (χ0n) is 8.29. The van der Waals surface area contributed by atoms with Crippen LogP contribution in [-0.4, -0.2) is 12.1 Å². The summed E-state index contributed by atoms with van der Waals surface area (Å²) in [6.45, 7) is 1.64. The molecule has 3 nitrogen and oxygen atoms in total. The Hall–Kier alpha value is -1.11. The van der Waals surface area contributed by atoms with Crippen LogP contribution in [0, 0.1) is 22.7 Å². The molecule has 0 spiro atoms. The van der Waals surface area contributed by atoms with Gasteiger partial charge in [-0.25, -0.2) is 4.39 Å². The van der Waals surface area contributed by atoms with Crippen LogP contribution in [0.25, 0.3) is 0 Å². The fourth-order valence-electron chi connectivity index (χ4n) is 2.19. The summed E-state index contributed by atoms with van der Waals surface area (Å²) < 4.78 is 13.2. The largest absolute Gasteiger partial charge is 0.369 e. The average Bonchev–Trinajstić information content (AvgIpc) is 2.16. The van der Waals surface area contributed by atoms with Gasteiger partial charge in [0.05, 0.1) is 17.4 Å². The minimum atomic E-state index is -0.993. The number of nitrogens with two attached hydrogens (primary N) is 1. The molecular weight excluding hydrogens is 183 g/mol. The second kappa shape index (κ2) is 3.95. The zero-order valence-corrected chi connectivity index (χ0v) is 8.29. The Bertz CT molecular complexity index is 274. The summed E-state index contributed by atoms with van der Waals surface area (Å²) in [5, 5.41) is 8.81. The number of nitrogens with zero attached hydrogens (tertiary/aromatic N) is 1. The van der Waals surface area contributed by atoms with Crippen LogP contribution in [0.3, 0.4) is 0 Å². The molecule has 2 N–H and O–H groups in total. The number of primary amides is 1. The van der Waals surface area contributed by atoms with Crippen LogP contribution in [0.4, 0.5) is 4.39 Å². The fourth-order valence-corrected chi connectivity index (χ4v) is 2.19. The lowest BCUT2D eigenvalue weighted by Gasteiger charge is -2.37. The third-order valence-electron chi connectivity index (χ3n) is 3.24. The molecule has 78 valence electrons. The minimum Gasteiger partial charge on any atom is -0.369 e. The topological polar surface area (TPSA) is 66.9 Å². The van der Waals surface area contributed by atoms with Gasteiger partial charge in [0.2, 0.25) is 5.91 Å². The smallest absolute Gasteiger partial charge is 0.225 e. The van der Waals surface area contributed by atoms with Crippen molar-refractivity contribution in [1.82, 2.24) is 0 Å². The highest BCUT2D eigenvalue weighted by Crippen LogP contribution is 2.43. The number of nitriles is 1. The summed E-state index contributed by atoms with van der Waals surface area (Å²) in [5.41, 5.74) is 4.35. The van der Waals surface area contributed by atoms with Crippen molar-refractivity contribution in [2.45, 2.75) is 38.8 Å². The van der Waals surface area contributed by atoms with E-state index in [0.717, 1.165) is 0 Å². The number of hydrogen-bond donors (Lipinski definition) is 1. The van der Waals surface area contributed by atoms with Crippen molar-refractivity contribution in [2.24, 2.45) is 17.1 Å². The van der Waals surface area contributed by atoms with Crippen molar-refractivity contribution in [3.63, 3.8) is 0 Å². The van der Waals surface area contributed by atoms with Crippen LogP contribution in [0.15, 0.2) is 0 Å². The summed E-state index contributed by atoms with van der Waals surface area (Å²) in [5.74, 6) is -1.03. The summed E-state index contributed by atoms with van der Waals surface area (Å²) in [4.78, 5) is 11.3. The molecule has 1 rings (SSSR count). The van der Waals surface area contributed by atoms with Gasteiger partial charge in [0.15, 0.2) is 0 Å². The average molecular weight is 198 g/mol. The highest BCUT2D eigenvalue weighted by atomic mass is 19.1. The van der Waals surface area contributed by atoms with E-state index in [1.54, 1.807) is 6.92 Å². The number of carbonyl (C=O) groups is 1. The van der Waals surface area contributed by atoms with E-state index >= 15 is 0 Å². The van der Waals surface area contributed by atoms with Crippen molar-refractivity contribution in [2.75, 3.05) is 0 Å². The molecule has 1 amide bonds. The van der Waals surface area contributed by atoms with Crippen LogP contribution >= 0.6 is 0 Å². The molecule has 0 heterocycles. The van der Waals surface area contributed by atoms with Gasteiger partial charge in [-0.3, -0.25) is 4.79 Å². The molecule has 1 aliphatic carbocycles. The van der Waals surface area contributed by atoms with Crippen LogP contribution in [0.2, 0.25) is 0 Å².